The van der Waals surface area contributed by atoms with E-state index in [9.17, 15) is 13.2 Å². The molecule has 0 aliphatic carbocycles. The molecule has 1 saturated heterocycles. The lowest BCUT2D eigenvalue weighted by molar-refractivity contribution is -0.120. The van der Waals surface area contributed by atoms with Crippen molar-refractivity contribution in [1.29, 1.82) is 0 Å². The van der Waals surface area contributed by atoms with Gasteiger partial charge in [-0.3, -0.25) is 9.10 Å². The first-order valence-corrected chi connectivity index (χ1v) is 10.1. The van der Waals surface area contributed by atoms with Gasteiger partial charge in [-0.2, -0.15) is 0 Å². The Hall–Kier alpha value is -1.60. The molecule has 6 nitrogen and oxygen atoms in total. The van der Waals surface area contributed by atoms with E-state index in [1.165, 1.54) is 0 Å². The van der Waals surface area contributed by atoms with E-state index < -0.39 is 10.0 Å². The van der Waals surface area contributed by atoms with E-state index in [0.717, 1.165) is 35.6 Å². The molecule has 0 radical (unpaired) electrons. The van der Waals surface area contributed by atoms with E-state index in [4.69, 9.17) is 4.74 Å². The second-order valence-electron chi connectivity index (χ2n) is 6.45. The summed E-state index contributed by atoms with van der Waals surface area (Å²) < 4.78 is 30.7. The second kappa shape index (κ2) is 7.98. The Morgan fingerprint density at radius 3 is 2.50 bits per heavy atom. The highest BCUT2D eigenvalue weighted by molar-refractivity contribution is 7.92. The Morgan fingerprint density at radius 2 is 2.00 bits per heavy atom. The summed E-state index contributed by atoms with van der Waals surface area (Å²) >= 11 is 0. The molecule has 1 heterocycles. The van der Waals surface area contributed by atoms with Crippen molar-refractivity contribution < 1.29 is 17.9 Å². The number of benzene rings is 1. The van der Waals surface area contributed by atoms with Crippen molar-refractivity contribution in [3.63, 3.8) is 0 Å². The number of sulfonamides is 1. The monoisotopic (exact) mass is 354 g/mol. The van der Waals surface area contributed by atoms with Gasteiger partial charge in [0.05, 0.1) is 18.0 Å². The highest BCUT2D eigenvalue weighted by atomic mass is 32.2. The molecule has 0 aromatic heterocycles. The smallest absolute Gasteiger partial charge is 0.240 e. The van der Waals surface area contributed by atoms with Crippen LogP contribution in [0.5, 0.6) is 0 Å². The van der Waals surface area contributed by atoms with Crippen LogP contribution in [0, 0.1) is 0 Å². The molecule has 1 aliphatic heterocycles. The molecule has 1 fully saturated rings. The van der Waals surface area contributed by atoms with Crippen molar-refractivity contribution in [3.05, 3.63) is 29.8 Å². The molecular formula is C17H26N2O4S. The lowest BCUT2D eigenvalue weighted by Gasteiger charge is -2.22. The number of carbonyl (C=O) groups excluding carboxylic acids is 1. The van der Waals surface area contributed by atoms with Crippen molar-refractivity contribution in [3.8, 4) is 0 Å². The van der Waals surface area contributed by atoms with Gasteiger partial charge in [0.1, 0.15) is 6.54 Å². The number of rotatable bonds is 7. The van der Waals surface area contributed by atoms with Gasteiger partial charge < -0.3 is 10.1 Å². The van der Waals surface area contributed by atoms with Crippen molar-refractivity contribution in [2.45, 2.75) is 38.7 Å². The van der Waals surface area contributed by atoms with Gasteiger partial charge in [0.15, 0.2) is 0 Å². The Labute approximate surface area is 144 Å². The van der Waals surface area contributed by atoms with Crippen molar-refractivity contribution in [2.75, 3.05) is 30.3 Å². The van der Waals surface area contributed by atoms with Crippen molar-refractivity contribution >= 4 is 21.6 Å². The number of nitrogens with zero attached hydrogens (tertiary/aromatic N) is 1. The third-order valence-corrected chi connectivity index (χ3v) is 5.23. The number of anilines is 1. The fourth-order valence-electron chi connectivity index (χ4n) is 2.64. The van der Waals surface area contributed by atoms with Crippen molar-refractivity contribution in [1.82, 2.24) is 5.32 Å². The molecule has 7 heteroatoms. The lowest BCUT2D eigenvalue weighted by atomic mass is 10.0. The van der Waals surface area contributed by atoms with Gasteiger partial charge in [-0.05, 0) is 36.5 Å². The SMILES string of the molecule is CC(C)c1ccc(N(CC(=O)NC[C@H]2CCCO2)S(C)(=O)=O)cc1. The average molecular weight is 354 g/mol. The van der Waals surface area contributed by atoms with Crippen LogP contribution in [0.15, 0.2) is 24.3 Å². The molecule has 1 atom stereocenters. The first kappa shape index (κ1) is 18.7. The fraction of sp³-hybridized carbons (Fsp3) is 0.588. The number of ether oxygens (including phenoxy) is 1. The van der Waals surface area contributed by atoms with Gasteiger partial charge in [-0.25, -0.2) is 8.42 Å². The van der Waals surface area contributed by atoms with E-state index in [-0.39, 0.29) is 18.6 Å². The number of nitrogens with one attached hydrogen (secondary N) is 1. The summed E-state index contributed by atoms with van der Waals surface area (Å²) in [5.41, 5.74) is 1.62. The average Bonchev–Trinajstić information content (AvgIpc) is 3.03. The summed E-state index contributed by atoms with van der Waals surface area (Å²) in [6.45, 7) is 5.05. The molecule has 1 amide bonds. The van der Waals surface area contributed by atoms with Crippen LogP contribution >= 0.6 is 0 Å². The minimum Gasteiger partial charge on any atom is -0.376 e. The summed E-state index contributed by atoms with van der Waals surface area (Å²) in [7, 11) is -3.54. The van der Waals surface area contributed by atoms with Crippen LogP contribution in [-0.4, -0.2) is 46.4 Å². The van der Waals surface area contributed by atoms with Crippen LogP contribution in [-0.2, 0) is 19.6 Å². The summed E-state index contributed by atoms with van der Waals surface area (Å²) in [4.78, 5) is 12.1. The number of carbonyl (C=O) groups is 1. The van der Waals surface area contributed by atoms with Crippen LogP contribution in [0.3, 0.4) is 0 Å². The Bertz CT molecular complexity index is 650. The summed E-state index contributed by atoms with van der Waals surface area (Å²) in [6, 6.07) is 7.26. The molecular weight excluding hydrogens is 328 g/mol. The van der Waals surface area contributed by atoms with E-state index in [2.05, 4.69) is 19.2 Å². The highest BCUT2D eigenvalue weighted by Gasteiger charge is 2.22. The molecule has 0 spiro atoms. The molecule has 0 bridgehead atoms. The Morgan fingerprint density at radius 1 is 1.33 bits per heavy atom. The van der Waals surface area contributed by atoms with Crippen LogP contribution in [0.2, 0.25) is 0 Å². The predicted octanol–water partition coefficient (Wildman–Crippen LogP) is 1.87. The summed E-state index contributed by atoms with van der Waals surface area (Å²) in [6.07, 6.45) is 3.06. The maximum Gasteiger partial charge on any atom is 0.240 e. The van der Waals surface area contributed by atoms with Crippen LogP contribution < -0.4 is 9.62 Å². The third-order valence-electron chi connectivity index (χ3n) is 4.09. The minimum absolute atomic E-state index is 0.0333. The van der Waals surface area contributed by atoms with Gasteiger partial charge in [0, 0.05) is 13.2 Å². The number of hydrogen-bond donors (Lipinski definition) is 1. The number of hydrogen-bond acceptors (Lipinski definition) is 4. The predicted molar refractivity (Wildman–Crippen MR) is 94.7 cm³/mol. The maximum atomic E-state index is 12.1. The number of amides is 1. The first-order chi connectivity index (χ1) is 11.3. The molecule has 24 heavy (non-hydrogen) atoms. The van der Waals surface area contributed by atoms with E-state index in [1.54, 1.807) is 12.1 Å². The van der Waals surface area contributed by atoms with Crippen LogP contribution in [0.1, 0.15) is 38.2 Å². The van der Waals surface area contributed by atoms with Gasteiger partial charge in [0.25, 0.3) is 0 Å². The standard InChI is InChI=1S/C17H26N2O4S/c1-13(2)14-6-8-15(9-7-14)19(24(3,21)22)12-17(20)18-11-16-5-4-10-23-16/h6-9,13,16H,4-5,10-12H2,1-3H3,(H,18,20)/t16-/m1/s1. The lowest BCUT2D eigenvalue weighted by Crippen LogP contribution is -2.42. The Kier molecular flexibility index (Phi) is 6.23. The third kappa shape index (κ3) is 5.21. The topological polar surface area (TPSA) is 75.7 Å². The van der Waals surface area contributed by atoms with Crippen LogP contribution in [0.4, 0.5) is 5.69 Å². The van der Waals surface area contributed by atoms with Gasteiger partial charge in [-0.15, -0.1) is 0 Å². The maximum absolute atomic E-state index is 12.1. The molecule has 1 aliphatic rings. The second-order valence-corrected chi connectivity index (χ2v) is 8.36. The van der Waals surface area contributed by atoms with Gasteiger partial charge in [0.2, 0.25) is 15.9 Å². The molecule has 1 aromatic carbocycles. The van der Waals surface area contributed by atoms with Gasteiger partial charge >= 0.3 is 0 Å². The molecule has 2 rings (SSSR count). The van der Waals surface area contributed by atoms with Crippen molar-refractivity contribution in [2.24, 2.45) is 0 Å². The van der Waals surface area contributed by atoms with E-state index in [0.29, 0.717) is 18.2 Å². The largest absolute Gasteiger partial charge is 0.376 e. The summed E-state index contributed by atoms with van der Waals surface area (Å²) in [5, 5.41) is 2.76. The first-order valence-electron chi connectivity index (χ1n) is 8.23. The summed E-state index contributed by atoms with van der Waals surface area (Å²) in [5.74, 6) is 0.0318. The molecule has 1 aromatic rings. The van der Waals surface area contributed by atoms with Crippen LogP contribution in [0.25, 0.3) is 0 Å². The zero-order valence-corrected chi connectivity index (χ0v) is 15.3. The fourth-order valence-corrected chi connectivity index (χ4v) is 3.50. The van der Waals surface area contributed by atoms with E-state index >= 15 is 0 Å². The zero-order valence-electron chi connectivity index (χ0n) is 14.5. The zero-order chi connectivity index (χ0) is 17.7. The normalized spacial score (nSPS) is 17.9. The molecule has 0 unspecified atom stereocenters. The highest BCUT2D eigenvalue weighted by Crippen LogP contribution is 2.21. The minimum atomic E-state index is -3.54. The quantitative estimate of drug-likeness (QED) is 0.811. The van der Waals surface area contributed by atoms with E-state index in [1.807, 2.05) is 12.1 Å². The molecule has 1 N–H and O–H groups in total. The van der Waals surface area contributed by atoms with Gasteiger partial charge in [-0.1, -0.05) is 26.0 Å². The molecule has 0 saturated carbocycles. The molecule has 134 valence electrons. The Balaban J connectivity index is 2.03.